The molecule has 1 amide bonds. The van der Waals surface area contributed by atoms with Crippen molar-refractivity contribution in [2.45, 2.75) is 51.9 Å². The quantitative estimate of drug-likeness (QED) is 0.229. The van der Waals surface area contributed by atoms with Crippen molar-refractivity contribution in [3.8, 4) is 5.75 Å². The van der Waals surface area contributed by atoms with Gasteiger partial charge in [-0.3, -0.25) is 9.59 Å². The van der Waals surface area contributed by atoms with Gasteiger partial charge in [-0.25, -0.2) is 4.79 Å². The second-order valence-corrected chi connectivity index (χ2v) is 10.9. The Morgan fingerprint density at radius 3 is 2.17 bits per heavy atom. The third-order valence-corrected chi connectivity index (χ3v) is 6.24. The zero-order valence-corrected chi connectivity index (χ0v) is 24.4. The van der Waals surface area contributed by atoms with Gasteiger partial charge < -0.3 is 30.5 Å². The normalized spacial score (nSPS) is 11.8. The number of aromatic hydroxyl groups is 1. The second kappa shape index (κ2) is 14.5. The van der Waals surface area contributed by atoms with Gasteiger partial charge in [0, 0.05) is 25.6 Å². The third kappa shape index (κ3) is 10.1. The molecular weight excluding hydrogens is 546 g/mol. The molecule has 0 heterocycles. The minimum absolute atomic E-state index is 0.0641. The fourth-order valence-corrected chi connectivity index (χ4v) is 4.19. The molecule has 3 aromatic carbocycles. The van der Waals surface area contributed by atoms with Gasteiger partial charge in [0.1, 0.15) is 17.4 Å². The average Bonchev–Trinajstić information content (AvgIpc) is 2.92. The molecule has 41 heavy (non-hydrogen) atoms. The SMILES string of the molecule is COC(=O)[C@H](Cc1ccccc1)NC(=O)c1cc(Cl)c(NCc2ccc(CNCC(=O)OC(C)(C)C)cc2)cc1O. The maximum atomic E-state index is 12.9. The van der Waals surface area contributed by atoms with Crippen LogP contribution in [0.25, 0.3) is 0 Å². The summed E-state index contributed by atoms with van der Waals surface area (Å²) >= 11 is 6.42. The molecule has 9 nitrogen and oxygen atoms in total. The first-order chi connectivity index (χ1) is 19.4. The van der Waals surface area contributed by atoms with Crippen LogP contribution >= 0.6 is 11.6 Å². The summed E-state index contributed by atoms with van der Waals surface area (Å²) in [5.41, 5.74) is 2.66. The molecule has 3 aromatic rings. The van der Waals surface area contributed by atoms with E-state index >= 15 is 0 Å². The van der Waals surface area contributed by atoms with Gasteiger partial charge in [-0.2, -0.15) is 0 Å². The summed E-state index contributed by atoms with van der Waals surface area (Å²) in [7, 11) is 1.25. The van der Waals surface area contributed by atoms with Crippen LogP contribution in [0.4, 0.5) is 5.69 Å². The van der Waals surface area contributed by atoms with Crippen molar-refractivity contribution in [3.63, 3.8) is 0 Å². The van der Waals surface area contributed by atoms with Gasteiger partial charge in [-0.05, 0) is 43.5 Å². The first kappa shape index (κ1) is 31.4. The van der Waals surface area contributed by atoms with Crippen LogP contribution in [0.1, 0.15) is 47.8 Å². The number of phenols is 1. The van der Waals surface area contributed by atoms with Gasteiger partial charge in [-0.15, -0.1) is 0 Å². The number of benzene rings is 3. The Bertz CT molecular complexity index is 1340. The number of ether oxygens (including phenoxy) is 2. The molecule has 10 heteroatoms. The molecule has 0 radical (unpaired) electrons. The number of hydrogen-bond donors (Lipinski definition) is 4. The van der Waals surface area contributed by atoms with E-state index in [1.54, 1.807) is 0 Å². The van der Waals surface area contributed by atoms with Crippen molar-refractivity contribution in [2.24, 2.45) is 0 Å². The molecule has 0 bridgehead atoms. The summed E-state index contributed by atoms with van der Waals surface area (Å²) in [6.45, 7) is 6.52. The lowest BCUT2D eigenvalue weighted by Crippen LogP contribution is -2.43. The highest BCUT2D eigenvalue weighted by atomic mass is 35.5. The molecule has 218 valence electrons. The smallest absolute Gasteiger partial charge is 0.328 e. The highest BCUT2D eigenvalue weighted by Crippen LogP contribution is 2.31. The van der Waals surface area contributed by atoms with E-state index in [-0.39, 0.29) is 35.3 Å². The topological polar surface area (TPSA) is 126 Å². The highest BCUT2D eigenvalue weighted by Gasteiger charge is 2.24. The van der Waals surface area contributed by atoms with Crippen LogP contribution in [-0.4, -0.2) is 48.2 Å². The van der Waals surface area contributed by atoms with Crippen molar-refractivity contribution in [3.05, 3.63) is 94.0 Å². The maximum absolute atomic E-state index is 12.9. The third-order valence-electron chi connectivity index (χ3n) is 5.93. The van der Waals surface area contributed by atoms with Crippen molar-refractivity contribution >= 4 is 35.1 Å². The number of amides is 1. The van der Waals surface area contributed by atoms with Crippen LogP contribution in [0, 0.1) is 0 Å². The molecule has 0 unspecified atom stereocenters. The first-order valence-electron chi connectivity index (χ1n) is 13.1. The number of esters is 2. The summed E-state index contributed by atoms with van der Waals surface area (Å²) in [6, 6.07) is 18.8. The summed E-state index contributed by atoms with van der Waals surface area (Å²) in [6.07, 6.45) is 0.228. The van der Waals surface area contributed by atoms with Crippen LogP contribution < -0.4 is 16.0 Å². The molecule has 0 saturated heterocycles. The first-order valence-corrected chi connectivity index (χ1v) is 13.5. The van der Waals surface area contributed by atoms with E-state index in [0.717, 1.165) is 16.7 Å². The van der Waals surface area contributed by atoms with Crippen LogP contribution in [0.2, 0.25) is 5.02 Å². The number of carbonyl (C=O) groups is 3. The number of nitrogens with one attached hydrogen (secondary N) is 3. The van der Waals surface area contributed by atoms with E-state index in [9.17, 15) is 19.5 Å². The molecule has 0 saturated carbocycles. The van der Waals surface area contributed by atoms with E-state index in [1.165, 1.54) is 19.2 Å². The minimum Gasteiger partial charge on any atom is -0.507 e. The lowest BCUT2D eigenvalue weighted by molar-refractivity contribution is -0.153. The standard InChI is InChI=1S/C31H36ClN3O6/c1-31(2,3)41-28(37)19-33-17-21-10-12-22(13-11-21)18-34-25-16-27(36)23(15-24(25)32)29(38)35-26(30(39)40-4)14-20-8-6-5-7-9-20/h5-13,15-16,26,33-34,36H,14,17-19H2,1-4H3,(H,35,38)/t26-/m0/s1. The molecule has 0 fully saturated rings. The number of halogens is 1. The molecule has 3 rings (SSSR count). The Balaban J connectivity index is 1.57. The van der Waals surface area contributed by atoms with Gasteiger partial charge in [0.05, 0.1) is 29.9 Å². The van der Waals surface area contributed by atoms with Crippen molar-refractivity contribution < 1.29 is 29.0 Å². The minimum atomic E-state index is -0.943. The van der Waals surface area contributed by atoms with Gasteiger partial charge in [0.25, 0.3) is 5.91 Å². The number of carbonyl (C=O) groups excluding carboxylic acids is 3. The van der Waals surface area contributed by atoms with E-state index < -0.39 is 23.5 Å². The highest BCUT2D eigenvalue weighted by molar-refractivity contribution is 6.33. The Morgan fingerprint density at radius 2 is 1.56 bits per heavy atom. The fourth-order valence-electron chi connectivity index (χ4n) is 3.96. The van der Waals surface area contributed by atoms with Gasteiger partial charge in [0.15, 0.2) is 0 Å². The van der Waals surface area contributed by atoms with E-state index in [0.29, 0.717) is 18.8 Å². The molecule has 0 aliphatic carbocycles. The molecular formula is C31H36ClN3O6. The average molecular weight is 582 g/mol. The predicted molar refractivity (Wildman–Crippen MR) is 158 cm³/mol. The Labute approximate surface area is 245 Å². The lowest BCUT2D eigenvalue weighted by atomic mass is 10.0. The Kier molecular flexibility index (Phi) is 11.1. The summed E-state index contributed by atoms with van der Waals surface area (Å²) in [4.78, 5) is 37.1. The van der Waals surface area contributed by atoms with Crippen LogP contribution in [0.3, 0.4) is 0 Å². The number of hydrogen-bond acceptors (Lipinski definition) is 8. The summed E-state index contributed by atoms with van der Waals surface area (Å²) in [5, 5.41) is 19.7. The molecule has 0 spiro atoms. The summed E-state index contributed by atoms with van der Waals surface area (Å²) < 4.78 is 10.1. The number of methoxy groups -OCH3 is 1. The van der Waals surface area contributed by atoms with E-state index in [4.69, 9.17) is 21.1 Å². The predicted octanol–water partition coefficient (Wildman–Crippen LogP) is 4.60. The Morgan fingerprint density at radius 1 is 0.927 bits per heavy atom. The van der Waals surface area contributed by atoms with E-state index in [2.05, 4.69) is 16.0 Å². The van der Waals surface area contributed by atoms with Gasteiger partial charge in [-0.1, -0.05) is 66.2 Å². The number of anilines is 1. The van der Waals surface area contributed by atoms with Crippen molar-refractivity contribution in [1.82, 2.24) is 10.6 Å². The zero-order chi connectivity index (χ0) is 30.0. The van der Waals surface area contributed by atoms with Crippen LogP contribution in [0.15, 0.2) is 66.7 Å². The van der Waals surface area contributed by atoms with Crippen molar-refractivity contribution in [2.75, 3.05) is 19.0 Å². The van der Waals surface area contributed by atoms with Crippen LogP contribution in [0.5, 0.6) is 5.75 Å². The lowest BCUT2D eigenvalue weighted by Gasteiger charge is -2.19. The molecule has 4 N–H and O–H groups in total. The molecule has 0 aliphatic heterocycles. The second-order valence-electron chi connectivity index (χ2n) is 10.4. The zero-order valence-electron chi connectivity index (χ0n) is 23.6. The summed E-state index contributed by atoms with van der Waals surface area (Å²) in [5.74, 6) is -1.85. The monoisotopic (exact) mass is 581 g/mol. The molecule has 1 atom stereocenters. The number of rotatable bonds is 12. The Hall–Kier alpha value is -4.08. The molecule has 0 aliphatic rings. The van der Waals surface area contributed by atoms with Crippen molar-refractivity contribution in [1.29, 1.82) is 0 Å². The maximum Gasteiger partial charge on any atom is 0.328 e. The fraction of sp³-hybridized carbons (Fsp3) is 0.323. The van der Waals surface area contributed by atoms with Crippen LogP contribution in [-0.2, 0) is 38.6 Å². The van der Waals surface area contributed by atoms with Gasteiger partial charge >= 0.3 is 11.9 Å². The molecule has 0 aromatic heterocycles. The largest absolute Gasteiger partial charge is 0.507 e. The number of phenolic OH excluding ortho intramolecular Hbond substituents is 1. The van der Waals surface area contributed by atoms with Gasteiger partial charge in [0.2, 0.25) is 0 Å². The van der Waals surface area contributed by atoms with E-state index in [1.807, 2.05) is 75.4 Å².